The lowest BCUT2D eigenvalue weighted by Crippen LogP contribution is -2.27. The van der Waals surface area contributed by atoms with Gasteiger partial charge >= 0.3 is 0 Å². The Morgan fingerprint density at radius 1 is 1.53 bits per heavy atom. The lowest BCUT2D eigenvalue weighted by Gasteiger charge is -2.19. The van der Waals surface area contributed by atoms with Crippen molar-refractivity contribution in [2.45, 2.75) is 39.4 Å². The number of aryl methyl sites for hydroxylation is 1. The molecule has 1 aromatic heterocycles. The van der Waals surface area contributed by atoms with Crippen molar-refractivity contribution in [2.75, 3.05) is 13.1 Å². The molecule has 1 aliphatic heterocycles. The van der Waals surface area contributed by atoms with E-state index in [1.807, 2.05) is 10.9 Å². The first kappa shape index (κ1) is 14.5. The van der Waals surface area contributed by atoms with Crippen molar-refractivity contribution in [3.8, 4) is 0 Å². The van der Waals surface area contributed by atoms with Crippen LogP contribution in [0.1, 0.15) is 25.8 Å². The minimum Gasteiger partial charge on any atom is -0.330 e. The maximum Gasteiger partial charge on any atom is 0.0534 e. The van der Waals surface area contributed by atoms with E-state index in [1.54, 1.807) is 0 Å². The molecule has 0 amide bonds. The number of hydrogen-bond donors (Lipinski definition) is 1. The van der Waals surface area contributed by atoms with Crippen LogP contribution in [-0.2, 0) is 13.1 Å². The Hall–Kier alpha value is -0.580. The molecule has 1 aliphatic rings. The van der Waals surface area contributed by atoms with Gasteiger partial charge in [0.25, 0.3) is 0 Å². The third kappa shape index (κ3) is 3.44. The fourth-order valence-corrected chi connectivity index (χ4v) is 2.50. The van der Waals surface area contributed by atoms with Crippen LogP contribution >= 0.6 is 12.4 Å². The fraction of sp³-hybridized carbons (Fsp3) is 0.750. The molecule has 0 saturated carbocycles. The molecule has 1 fully saturated rings. The number of halogens is 1. The van der Waals surface area contributed by atoms with E-state index < -0.39 is 0 Å². The predicted octanol–water partition coefficient (Wildman–Crippen LogP) is 1.49. The molecule has 0 radical (unpaired) electrons. The van der Waals surface area contributed by atoms with Crippen molar-refractivity contribution in [3.05, 3.63) is 18.0 Å². The molecule has 1 saturated heterocycles. The zero-order valence-corrected chi connectivity index (χ0v) is 11.5. The van der Waals surface area contributed by atoms with Gasteiger partial charge in [0.15, 0.2) is 0 Å². The van der Waals surface area contributed by atoms with Crippen LogP contribution in [-0.4, -0.2) is 33.8 Å². The highest BCUT2D eigenvalue weighted by atomic mass is 35.5. The molecule has 2 atom stereocenters. The summed E-state index contributed by atoms with van der Waals surface area (Å²) in [5.74, 6) is 0.677. The van der Waals surface area contributed by atoms with Gasteiger partial charge in [-0.1, -0.05) is 0 Å². The molecule has 2 heterocycles. The van der Waals surface area contributed by atoms with Crippen molar-refractivity contribution < 1.29 is 0 Å². The molecule has 0 bridgehead atoms. The lowest BCUT2D eigenvalue weighted by molar-refractivity contribution is 0.256. The minimum atomic E-state index is 0. The van der Waals surface area contributed by atoms with E-state index in [0.717, 1.165) is 26.2 Å². The van der Waals surface area contributed by atoms with Gasteiger partial charge in [-0.15, -0.1) is 12.4 Å². The molecule has 2 rings (SSSR count). The first-order valence-electron chi connectivity index (χ1n) is 6.18. The van der Waals surface area contributed by atoms with E-state index in [1.165, 1.54) is 12.0 Å². The Kier molecular flexibility index (Phi) is 5.43. The summed E-state index contributed by atoms with van der Waals surface area (Å²) in [5, 5.41) is 4.31. The number of rotatable bonds is 4. The third-order valence-electron chi connectivity index (χ3n) is 3.52. The van der Waals surface area contributed by atoms with Crippen molar-refractivity contribution in [2.24, 2.45) is 11.7 Å². The number of nitrogens with zero attached hydrogens (tertiary/aromatic N) is 3. The van der Waals surface area contributed by atoms with E-state index >= 15 is 0 Å². The molecule has 2 N–H and O–H groups in total. The zero-order valence-electron chi connectivity index (χ0n) is 10.7. The van der Waals surface area contributed by atoms with Gasteiger partial charge in [-0.3, -0.25) is 9.58 Å². The van der Waals surface area contributed by atoms with E-state index in [9.17, 15) is 0 Å². The molecule has 1 aromatic rings. The highest BCUT2D eigenvalue weighted by molar-refractivity contribution is 5.85. The van der Waals surface area contributed by atoms with E-state index in [0.29, 0.717) is 12.0 Å². The van der Waals surface area contributed by atoms with Crippen LogP contribution in [0.4, 0.5) is 0 Å². The quantitative estimate of drug-likeness (QED) is 0.890. The summed E-state index contributed by atoms with van der Waals surface area (Å²) in [4.78, 5) is 2.51. The molecule has 98 valence electrons. The smallest absolute Gasteiger partial charge is 0.0534 e. The van der Waals surface area contributed by atoms with Gasteiger partial charge < -0.3 is 5.73 Å². The van der Waals surface area contributed by atoms with Crippen LogP contribution in [0.2, 0.25) is 0 Å². The summed E-state index contributed by atoms with van der Waals surface area (Å²) in [6, 6.07) is 0.651. The van der Waals surface area contributed by atoms with Gasteiger partial charge in [-0.2, -0.15) is 5.10 Å². The van der Waals surface area contributed by atoms with Crippen LogP contribution in [0.15, 0.2) is 12.4 Å². The SMILES string of the molecule is CCn1cc(CN2CC(CN)CC2C)cn1.Cl. The molecule has 4 nitrogen and oxygen atoms in total. The number of nitrogens with two attached hydrogens (primary N) is 1. The molecule has 0 spiro atoms. The van der Waals surface area contributed by atoms with Crippen molar-refractivity contribution in [3.63, 3.8) is 0 Å². The number of likely N-dealkylation sites (tertiary alicyclic amines) is 1. The van der Waals surface area contributed by atoms with Crippen molar-refractivity contribution in [1.29, 1.82) is 0 Å². The second-order valence-electron chi connectivity index (χ2n) is 4.82. The first-order chi connectivity index (χ1) is 7.72. The molecule has 2 unspecified atom stereocenters. The summed E-state index contributed by atoms with van der Waals surface area (Å²) < 4.78 is 1.98. The Labute approximate surface area is 110 Å². The molecular formula is C12H23ClN4. The normalized spacial score (nSPS) is 24.9. The molecule has 17 heavy (non-hydrogen) atoms. The van der Waals surface area contributed by atoms with Gasteiger partial charge in [-0.05, 0) is 32.7 Å². The van der Waals surface area contributed by atoms with Crippen molar-refractivity contribution >= 4 is 12.4 Å². The third-order valence-corrected chi connectivity index (χ3v) is 3.52. The summed E-state index contributed by atoms with van der Waals surface area (Å²) in [6.07, 6.45) is 5.35. The van der Waals surface area contributed by atoms with Gasteiger partial charge in [-0.25, -0.2) is 0 Å². The first-order valence-corrected chi connectivity index (χ1v) is 6.18. The minimum absolute atomic E-state index is 0. The largest absolute Gasteiger partial charge is 0.330 e. The lowest BCUT2D eigenvalue weighted by atomic mass is 10.1. The molecular weight excluding hydrogens is 236 g/mol. The summed E-state index contributed by atoms with van der Waals surface area (Å²) in [5.41, 5.74) is 7.05. The average molecular weight is 259 g/mol. The molecule has 5 heteroatoms. The summed E-state index contributed by atoms with van der Waals surface area (Å²) >= 11 is 0. The van der Waals surface area contributed by atoms with Gasteiger partial charge in [0.1, 0.15) is 0 Å². The maximum atomic E-state index is 5.73. The molecule has 0 aromatic carbocycles. The van der Waals surface area contributed by atoms with Crippen LogP contribution in [0.5, 0.6) is 0 Å². The predicted molar refractivity (Wildman–Crippen MR) is 72.2 cm³/mol. The average Bonchev–Trinajstić information content (AvgIpc) is 2.87. The highest BCUT2D eigenvalue weighted by Crippen LogP contribution is 2.23. The number of hydrogen-bond acceptors (Lipinski definition) is 3. The van der Waals surface area contributed by atoms with Gasteiger partial charge in [0, 0.05) is 37.4 Å². The second-order valence-corrected chi connectivity index (χ2v) is 4.82. The topological polar surface area (TPSA) is 47.1 Å². The zero-order chi connectivity index (χ0) is 11.5. The molecule has 0 aliphatic carbocycles. The van der Waals surface area contributed by atoms with Crippen molar-refractivity contribution in [1.82, 2.24) is 14.7 Å². The van der Waals surface area contributed by atoms with Crippen LogP contribution in [0.25, 0.3) is 0 Å². The Morgan fingerprint density at radius 3 is 2.82 bits per heavy atom. The number of aromatic nitrogens is 2. The van der Waals surface area contributed by atoms with Gasteiger partial charge in [0.05, 0.1) is 6.20 Å². The van der Waals surface area contributed by atoms with E-state index in [-0.39, 0.29) is 12.4 Å². The van der Waals surface area contributed by atoms with Gasteiger partial charge in [0.2, 0.25) is 0 Å². The Balaban J connectivity index is 0.00000144. The van der Waals surface area contributed by atoms with E-state index in [4.69, 9.17) is 5.73 Å². The standard InChI is InChI=1S/C12H22N4.ClH/c1-3-16-9-12(6-14-16)8-15-7-11(5-13)4-10(15)2;/h6,9-11H,3-5,7-8,13H2,1-2H3;1H. The fourth-order valence-electron chi connectivity index (χ4n) is 2.50. The maximum absolute atomic E-state index is 5.73. The van der Waals surface area contributed by atoms with Crippen LogP contribution in [0.3, 0.4) is 0 Å². The highest BCUT2D eigenvalue weighted by Gasteiger charge is 2.27. The second kappa shape index (κ2) is 6.38. The monoisotopic (exact) mass is 258 g/mol. The van der Waals surface area contributed by atoms with E-state index in [2.05, 4.69) is 30.0 Å². The van der Waals surface area contributed by atoms with Crippen LogP contribution in [0, 0.1) is 5.92 Å². The summed E-state index contributed by atoms with van der Waals surface area (Å²) in [6.45, 7) is 8.31. The Morgan fingerprint density at radius 2 is 2.29 bits per heavy atom. The summed E-state index contributed by atoms with van der Waals surface area (Å²) in [7, 11) is 0. The Bertz CT molecular complexity index is 339. The van der Waals surface area contributed by atoms with Crippen LogP contribution < -0.4 is 5.73 Å².